The molecule has 152 valence electrons. The fraction of sp³-hybridized carbons (Fsp3) is 0.579. The van der Waals surface area contributed by atoms with Crippen molar-refractivity contribution in [2.45, 2.75) is 58.9 Å². The molecule has 0 atom stereocenters. The predicted octanol–water partition coefficient (Wildman–Crippen LogP) is 1.68. The van der Waals surface area contributed by atoms with E-state index in [1.807, 2.05) is 13.8 Å². The number of hydrogen-bond donors (Lipinski definition) is 3. The fourth-order valence-corrected chi connectivity index (χ4v) is 3.76. The van der Waals surface area contributed by atoms with E-state index in [-0.39, 0.29) is 30.2 Å². The van der Waals surface area contributed by atoms with Crippen molar-refractivity contribution >= 4 is 21.8 Å². The van der Waals surface area contributed by atoms with Crippen LogP contribution in [0.3, 0.4) is 0 Å². The first-order valence-corrected chi connectivity index (χ1v) is 10.8. The lowest BCUT2D eigenvalue weighted by Crippen LogP contribution is -2.36. The van der Waals surface area contributed by atoms with E-state index in [1.165, 1.54) is 0 Å². The monoisotopic (exact) mass is 397 g/mol. The second kappa shape index (κ2) is 11.0. The molecule has 0 radical (unpaired) electrons. The van der Waals surface area contributed by atoms with Crippen LogP contribution in [-0.4, -0.2) is 32.8 Å². The molecule has 27 heavy (non-hydrogen) atoms. The quantitative estimate of drug-likeness (QED) is 0.528. The maximum absolute atomic E-state index is 11.9. The van der Waals surface area contributed by atoms with Crippen LogP contribution in [0.4, 0.5) is 0 Å². The summed E-state index contributed by atoms with van der Waals surface area (Å²) in [6.07, 6.45) is 1.21. The van der Waals surface area contributed by atoms with Gasteiger partial charge in [0.2, 0.25) is 21.8 Å². The van der Waals surface area contributed by atoms with Crippen molar-refractivity contribution in [1.82, 2.24) is 15.4 Å². The normalized spacial score (nSPS) is 11.6. The molecule has 0 spiro atoms. The zero-order valence-electron chi connectivity index (χ0n) is 16.5. The number of nitrogens with one attached hydrogen (secondary N) is 3. The number of hydrogen-bond acceptors (Lipinski definition) is 4. The first-order chi connectivity index (χ1) is 12.6. The molecule has 7 nitrogen and oxygen atoms in total. The van der Waals surface area contributed by atoms with Crippen LogP contribution in [-0.2, 0) is 31.9 Å². The van der Waals surface area contributed by atoms with Gasteiger partial charge in [0.05, 0.1) is 12.3 Å². The van der Waals surface area contributed by atoms with Gasteiger partial charge in [-0.15, -0.1) is 0 Å². The molecule has 0 aliphatic heterocycles. The largest absolute Gasteiger partial charge is 0.350 e. The molecule has 0 aliphatic carbocycles. The Labute approximate surface area is 162 Å². The molecular weight excluding hydrogens is 366 g/mol. The van der Waals surface area contributed by atoms with Crippen LogP contribution in [0.2, 0.25) is 0 Å². The number of sulfonamides is 1. The average Bonchev–Trinajstić information content (AvgIpc) is 2.55. The van der Waals surface area contributed by atoms with Crippen molar-refractivity contribution in [3.63, 3.8) is 0 Å². The van der Waals surface area contributed by atoms with Gasteiger partial charge in [-0.1, -0.05) is 38.1 Å². The summed E-state index contributed by atoms with van der Waals surface area (Å²) in [7, 11) is -3.36. The Morgan fingerprint density at radius 3 is 2.07 bits per heavy atom. The van der Waals surface area contributed by atoms with E-state index in [9.17, 15) is 18.0 Å². The van der Waals surface area contributed by atoms with Gasteiger partial charge in [0, 0.05) is 19.0 Å². The molecule has 0 bridgehead atoms. The molecule has 0 saturated carbocycles. The Kier molecular flexibility index (Phi) is 9.45. The first-order valence-electron chi connectivity index (χ1n) is 9.18. The maximum Gasteiger partial charge on any atom is 0.239 e. The SMILES string of the molecule is CC(C)CCC(=O)NCC(=O)NCc1ccc(CS(=O)(=O)NC(C)C)cc1. The number of carbonyl (C=O) groups excluding carboxylic acids is 2. The van der Waals surface area contributed by atoms with Crippen molar-refractivity contribution < 1.29 is 18.0 Å². The second-order valence-corrected chi connectivity index (χ2v) is 9.09. The van der Waals surface area contributed by atoms with Gasteiger partial charge >= 0.3 is 0 Å². The van der Waals surface area contributed by atoms with Crippen molar-refractivity contribution in [2.24, 2.45) is 5.92 Å². The number of amides is 2. The lowest BCUT2D eigenvalue weighted by molar-refractivity contribution is -0.126. The van der Waals surface area contributed by atoms with Gasteiger partial charge in [-0.3, -0.25) is 9.59 Å². The molecule has 1 aromatic rings. The first kappa shape index (κ1) is 23.1. The lowest BCUT2D eigenvalue weighted by atomic mass is 10.1. The molecule has 0 saturated heterocycles. The molecule has 1 rings (SSSR count). The second-order valence-electron chi connectivity index (χ2n) is 7.33. The minimum atomic E-state index is -3.36. The van der Waals surface area contributed by atoms with Crippen LogP contribution in [0.25, 0.3) is 0 Å². The Balaban J connectivity index is 2.39. The zero-order chi connectivity index (χ0) is 20.4. The van der Waals surface area contributed by atoms with E-state index in [1.54, 1.807) is 38.1 Å². The van der Waals surface area contributed by atoms with Crippen LogP contribution in [0.5, 0.6) is 0 Å². The smallest absolute Gasteiger partial charge is 0.239 e. The van der Waals surface area contributed by atoms with E-state index >= 15 is 0 Å². The van der Waals surface area contributed by atoms with Crippen LogP contribution < -0.4 is 15.4 Å². The van der Waals surface area contributed by atoms with E-state index in [2.05, 4.69) is 15.4 Å². The molecule has 0 fully saturated rings. The van der Waals surface area contributed by atoms with Gasteiger partial charge in [-0.25, -0.2) is 13.1 Å². The summed E-state index contributed by atoms with van der Waals surface area (Å²) in [5.74, 6) is -0.0240. The minimum absolute atomic E-state index is 0.0475. The van der Waals surface area contributed by atoms with E-state index in [4.69, 9.17) is 0 Å². The van der Waals surface area contributed by atoms with Gasteiger partial charge in [-0.05, 0) is 37.3 Å². The highest BCUT2D eigenvalue weighted by Crippen LogP contribution is 2.08. The third-order valence-electron chi connectivity index (χ3n) is 3.68. The summed E-state index contributed by atoms with van der Waals surface area (Å²) in [6, 6.07) is 6.88. The zero-order valence-corrected chi connectivity index (χ0v) is 17.4. The van der Waals surface area contributed by atoms with Gasteiger partial charge in [0.1, 0.15) is 0 Å². The summed E-state index contributed by atoms with van der Waals surface area (Å²) in [6.45, 7) is 7.90. The highest BCUT2D eigenvalue weighted by molar-refractivity contribution is 7.88. The Bertz CT molecular complexity index is 713. The summed E-state index contributed by atoms with van der Waals surface area (Å²) in [5.41, 5.74) is 1.53. The molecular formula is C19H31N3O4S. The number of benzene rings is 1. The van der Waals surface area contributed by atoms with E-state index in [0.717, 1.165) is 12.0 Å². The van der Waals surface area contributed by atoms with Crippen LogP contribution >= 0.6 is 0 Å². The molecule has 2 amide bonds. The van der Waals surface area contributed by atoms with Crippen molar-refractivity contribution in [2.75, 3.05) is 6.54 Å². The predicted molar refractivity (Wildman–Crippen MR) is 106 cm³/mol. The summed E-state index contributed by atoms with van der Waals surface area (Å²) in [4.78, 5) is 23.4. The maximum atomic E-state index is 11.9. The highest BCUT2D eigenvalue weighted by atomic mass is 32.2. The number of carbonyl (C=O) groups is 2. The van der Waals surface area contributed by atoms with E-state index in [0.29, 0.717) is 24.4 Å². The standard InChI is InChI=1S/C19H31N3O4S/c1-14(2)5-10-18(23)21-12-19(24)20-11-16-6-8-17(9-7-16)13-27(25,26)22-15(3)4/h6-9,14-15,22H,5,10-13H2,1-4H3,(H,20,24)(H,21,23). The third-order valence-corrected chi connectivity index (χ3v) is 5.22. The Hall–Kier alpha value is -1.93. The molecule has 3 N–H and O–H groups in total. The van der Waals surface area contributed by atoms with E-state index < -0.39 is 10.0 Å². The highest BCUT2D eigenvalue weighted by Gasteiger charge is 2.13. The fourth-order valence-electron chi connectivity index (χ4n) is 2.32. The van der Waals surface area contributed by atoms with Crippen LogP contribution in [0, 0.1) is 5.92 Å². The molecule has 0 unspecified atom stereocenters. The molecule has 1 aromatic carbocycles. The molecule has 0 aliphatic rings. The van der Waals surface area contributed by atoms with Gasteiger partial charge in [0.25, 0.3) is 0 Å². The topological polar surface area (TPSA) is 104 Å². The van der Waals surface area contributed by atoms with Crippen molar-refractivity contribution in [3.8, 4) is 0 Å². The Morgan fingerprint density at radius 2 is 1.52 bits per heavy atom. The summed E-state index contributed by atoms with van der Waals surface area (Å²) in [5, 5.41) is 5.33. The molecule has 0 heterocycles. The summed E-state index contributed by atoms with van der Waals surface area (Å²) < 4.78 is 26.4. The molecule has 8 heteroatoms. The lowest BCUT2D eigenvalue weighted by Gasteiger charge is -2.10. The average molecular weight is 398 g/mol. The number of rotatable bonds is 11. The minimum Gasteiger partial charge on any atom is -0.350 e. The van der Waals surface area contributed by atoms with Gasteiger partial charge in [0.15, 0.2) is 0 Å². The Morgan fingerprint density at radius 1 is 0.926 bits per heavy atom. The van der Waals surface area contributed by atoms with Crippen LogP contribution in [0.1, 0.15) is 51.7 Å². The van der Waals surface area contributed by atoms with Gasteiger partial charge < -0.3 is 10.6 Å². The van der Waals surface area contributed by atoms with Gasteiger partial charge in [-0.2, -0.15) is 0 Å². The third kappa shape index (κ3) is 10.7. The molecule has 0 aromatic heterocycles. The van der Waals surface area contributed by atoms with Crippen molar-refractivity contribution in [1.29, 1.82) is 0 Å². The van der Waals surface area contributed by atoms with Crippen molar-refractivity contribution in [3.05, 3.63) is 35.4 Å². The van der Waals surface area contributed by atoms with Crippen LogP contribution in [0.15, 0.2) is 24.3 Å². The summed E-state index contributed by atoms with van der Waals surface area (Å²) >= 11 is 0.